The SMILES string of the molecule is CCCCN(C)C(=O)C1CCN(C)C1. The van der Waals surface area contributed by atoms with Gasteiger partial charge in [0.05, 0.1) is 5.92 Å². The maximum absolute atomic E-state index is 11.9. The second-order valence-electron chi connectivity index (χ2n) is 4.36. The first kappa shape index (κ1) is 11.5. The van der Waals surface area contributed by atoms with Crippen LogP contribution in [0.25, 0.3) is 0 Å². The molecule has 0 aromatic heterocycles. The van der Waals surface area contributed by atoms with Gasteiger partial charge in [0, 0.05) is 20.1 Å². The molecule has 1 saturated heterocycles. The van der Waals surface area contributed by atoms with Crippen molar-refractivity contribution in [2.24, 2.45) is 5.92 Å². The number of carbonyl (C=O) groups is 1. The summed E-state index contributed by atoms with van der Waals surface area (Å²) in [6, 6.07) is 0. The van der Waals surface area contributed by atoms with Crippen molar-refractivity contribution in [3.63, 3.8) is 0 Å². The van der Waals surface area contributed by atoms with Gasteiger partial charge >= 0.3 is 0 Å². The molecule has 82 valence electrons. The number of rotatable bonds is 4. The van der Waals surface area contributed by atoms with Crippen LogP contribution in [0, 0.1) is 5.92 Å². The lowest BCUT2D eigenvalue weighted by Gasteiger charge is -2.20. The Labute approximate surface area is 87.1 Å². The highest BCUT2D eigenvalue weighted by atomic mass is 16.2. The van der Waals surface area contributed by atoms with Crippen molar-refractivity contribution in [2.75, 3.05) is 33.7 Å². The summed E-state index contributed by atoms with van der Waals surface area (Å²) >= 11 is 0. The van der Waals surface area contributed by atoms with Crippen molar-refractivity contribution in [1.29, 1.82) is 0 Å². The van der Waals surface area contributed by atoms with E-state index in [1.807, 2.05) is 11.9 Å². The van der Waals surface area contributed by atoms with E-state index in [1.165, 1.54) is 0 Å². The van der Waals surface area contributed by atoms with E-state index in [9.17, 15) is 4.79 Å². The second kappa shape index (κ2) is 5.35. The normalized spacial score (nSPS) is 22.6. The van der Waals surface area contributed by atoms with Crippen molar-refractivity contribution in [3.8, 4) is 0 Å². The highest BCUT2D eigenvalue weighted by Crippen LogP contribution is 2.16. The fourth-order valence-electron chi connectivity index (χ4n) is 1.95. The van der Waals surface area contributed by atoms with E-state index in [0.29, 0.717) is 5.91 Å². The van der Waals surface area contributed by atoms with Gasteiger partial charge in [0.2, 0.25) is 5.91 Å². The minimum Gasteiger partial charge on any atom is -0.345 e. The van der Waals surface area contributed by atoms with Gasteiger partial charge in [0.15, 0.2) is 0 Å². The molecule has 3 heteroatoms. The first-order chi connectivity index (χ1) is 6.65. The van der Waals surface area contributed by atoms with Crippen molar-refractivity contribution in [1.82, 2.24) is 9.80 Å². The molecule has 0 N–H and O–H groups in total. The van der Waals surface area contributed by atoms with Crippen LogP contribution in [-0.4, -0.2) is 49.4 Å². The van der Waals surface area contributed by atoms with Crippen LogP contribution < -0.4 is 0 Å². The molecule has 1 rings (SSSR count). The Morgan fingerprint density at radius 2 is 2.29 bits per heavy atom. The Bertz CT molecular complexity index is 194. The Morgan fingerprint density at radius 3 is 2.79 bits per heavy atom. The minimum absolute atomic E-state index is 0.252. The molecule has 1 heterocycles. The van der Waals surface area contributed by atoms with Crippen molar-refractivity contribution < 1.29 is 4.79 Å². The third-order valence-electron chi connectivity index (χ3n) is 2.96. The Kier molecular flexibility index (Phi) is 4.39. The quantitative estimate of drug-likeness (QED) is 0.677. The van der Waals surface area contributed by atoms with Gasteiger partial charge < -0.3 is 9.80 Å². The van der Waals surface area contributed by atoms with E-state index in [2.05, 4.69) is 18.9 Å². The summed E-state index contributed by atoms with van der Waals surface area (Å²) in [7, 11) is 4.01. The third-order valence-corrected chi connectivity index (χ3v) is 2.96. The molecular formula is C11H22N2O. The molecule has 14 heavy (non-hydrogen) atoms. The van der Waals surface area contributed by atoms with Crippen molar-refractivity contribution >= 4 is 5.91 Å². The zero-order chi connectivity index (χ0) is 10.6. The first-order valence-corrected chi connectivity index (χ1v) is 5.58. The van der Waals surface area contributed by atoms with Crippen LogP contribution in [0.1, 0.15) is 26.2 Å². The average molecular weight is 198 g/mol. The molecule has 1 amide bonds. The summed E-state index contributed by atoms with van der Waals surface area (Å²) in [6.45, 7) is 5.07. The molecule has 0 bridgehead atoms. The van der Waals surface area contributed by atoms with Crippen molar-refractivity contribution in [3.05, 3.63) is 0 Å². The van der Waals surface area contributed by atoms with Gasteiger partial charge in [-0.1, -0.05) is 13.3 Å². The minimum atomic E-state index is 0.252. The summed E-state index contributed by atoms with van der Waals surface area (Å²) in [5, 5.41) is 0. The van der Waals surface area contributed by atoms with Crippen molar-refractivity contribution in [2.45, 2.75) is 26.2 Å². The monoisotopic (exact) mass is 198 g/mol. The number of carbonyl (C=O) groups excluding carboxylic acids is 1. The molecule has 0 radical (unpaired) electrons. The molecule has 1 fully saturated rings. The van der Waals surface area contributed by atoms with Crippen LogP contribution in [-0.2, 0) is 4.79 Å². The van der Waals surface area contributed by atoms with E-state index >= 15 is 0 Å². The first-order valence-electron chi connectivity index (χ1n) is 5.58. The highest BCUT2D eigenvalue weighted by Gasteiger charge is 2.27. The zero-order valence-electron chi connectivity index (χ0n) is 9.62. The molecule has 1 aliphatic heterocycles. The lowest BCUT2D eigenvalue weighted by atomic mass is 10.1. The number of hydrogen-bond acceptors (Lipinski definition) is 2. The van der Waals surface area contributed by atoms with E-state index in [-0.39, 0.29) is 5.92 Å². The molecule has 0 aromatic rings. The lowest BCUT2D eigenvalue weighted by Crippen LogP contribution is -2.34. The van der Waals surface area contributed by atoms with Crippen LogP contribution >= 0.6 is 0 Å². The molecule has 1 unspecified atom stereocenters. The maximum atomic E-state index is 11.9. The van der Waals surface area contributed by atoms with Gasteiger partial charge in [-0.3, -0.25) is 4.79 Å². The largest absolute Gasteiger partial charge is 0.345 e. The maximum Gasteiger partial charge on any atom is 0.226 e. The molecule has 0 spiro atoms. The zero-order valence-corrected chi connectivity index (χ0v) is 9.62. The number of likely N-dealkylation sites (tertiary alicyclic amines) is 1. The summed E-state index contributed by atoms with van der Waals surface area (Å²) < 4.78 is 0. The van der Waals surface area contributed by atoms with Crippen LogP contribution in [0.4, 0.5) is 0 Å². The van der Waals surface area contributed by atoms with E-state index in [4.69, 9.17) is 0 Å². The molecule has 0 saturated carbocycles. The van der Waals surface area contributed by atoms with E-state index in [0.717, 1.165) is 38.9 Å². The molecular weight excluding hydrogens is 176 g/mol. The Balaban J connectivity index is 2.32. The summed E-state index contributed by atoms with van der Waals surface area (Å²) in [6.07, 6.45) is 3.30. The van der Waals surface area contributed by atoms with Crippen LogP contribution in [0.3, 0.4) is 0 Å². The molecule has 1 atom stereocenters. The number of hydrogen-bond donors (Lipinski definition) is 0. The number of unbranched alkanes of at least 4 members (excludes halogenated alkanes) is 1. The van der Waals surface area contributed by atoms with Gasteiger partial charge in [-0.25, -0.2) is 0 Å². The molecule has 0 aromatic carbocycles. The standard InChI is InChI=1S/C11H22N2O/c1-4-5-7-13(3)11(14)10-6-8-12(2)9-10/h10H,4-9H2,1-3H3. The average Bonchev–Trinajstić information content (AvgIpc) is 2.60. The molecule has 0 aliphatic carbocycles. The lowest BCUT2D eigenvalue weighted by molar-refractivity contribution is -0.133. The highest BCUT2D eigenvalue weighted by molar-refractivity contribution is 5.79. The van der Waals surface area contributed by atoms with Crippen LogP contribution in [0.5, 0.6) is 0 Å². The fraction of sp³-hybridized carbons (Fsp3) is 0.909. The topological polar surface area (TPSA) is 23.6 Å². The third kappa shape index (κ3) is 2.98. The number of nitrogens with zero attached hydrogens (tertiary/aromatic N) is 2. The van der Waals surface area contributed by atoms with E-state index < -0.39 is 0 Å². The van der Waals surface area contributed by atoms with Gasteiger partial charge in [0.25, 0.3) is 0 Å². The van der Waals surface area contributed by atoms with Gasteiger partial charge in [0.1, 0.15) is 0 Å². The second-order valence-corrected chi connectivity index (χ2v) is 4.36. The molecule has 1 aliphatic rings. The summed E-state index contributed by atoms with van der Waals surface area (Å²) in [4.78, 5) is 16.0. The Hall–Kier alpha value is -0.570. The summed E-state index contributed by atoms with van der Waals surface area (Å²) in [5.74, 6) is 0.588. The van der Waals surface area contributed by atoms with Gasteiger partial charge in [-0.05, 0) is 26.4 Å². The number of amides is 1. The van der Waals surface area contributed by atoms with Crippen LogP contribution in [0.15, 0.2) is 0 Å². The predicted octanol–water partition coefficient (Wildman–Crippen LogP) is 1.20. The predicted molar refractivity (Wildman–Crippen MR) is 58.1 cm³/mol. The molecule has 3 nitrogen and oxygen atoms in total. The Morgan fingerprint density at radius 1 is 1.57 bits per heavy atom. The summed E-state index contributed by atoms with van der Waals surface area (Å²) in [5.41, 5.74) is 0. The van der Waals surface area contributed by atoms with Gasteiger partial charge in [-0.15, -0.1) is 0 Å². The van der Waals surface area contributed by atoms with E-state index in [1.54, 1.807) is 0 Å². The van der Waals surface area contributed by atoms with Crippen LogP contribution in [0.2, 0.25) is 0 Å². The van der Waals surface area contributed by atoms with Gasteiger partial charge in [-0.2, -0.15) is 0 Å². The fourth-order valence-corrected chi connectivity index (χ4v) is 1.95. The smallest absolute Gasteiger partial charge is 0.226 e.